The molecule has 0 bridgehead atoms. The van der Waals surface area contributed by atoms with Gasteiger partial charge in [0.05, 0.1) is 29.7 Å². The van der Waals surface area contributed by atoms with Crippen molar-refractivity contribution in [1.82, 2.24) is 5.06 Å². The molecule has 1 N–H and O–H groups in total. The van der Waals surface area contributed by atoms with E-state index in [1.54, 1.807) is 0 Å². The second kappa shape index (κ2) is 13.3. The van der Waals surface area contributed by atoms with Crippen LogP contribution in [0.4, 0.5) is 28.4 Å². The highest BCUT2D eigenvalue weighted by Gasteiger charge is 2.38. The second-order valence-corrected chi connectivity index (χ2v) is 9.32. The average molecular weight is 601 g/mol. The molecule has 3 rings (SSSR count). The first kappa shape index (κ1) is 31.1. The van der Waals surface area contributed by atoms with Gasteiger partial charge in [0, 0.05) is 4.90 Å². The third kappa shape index (κ3) is 8.26. The number of ether oxygens (including phenoxy) is 3. The van der Waals surface area contributed by atoms with Gasteiger partial charge in [-0.15, -0.1) is 24.9 Å². The maximum atomic E-state index is 13.6. The van der Waals surface area contributed by atoms with Crippen LogP contribution in [0.5, 0.6) is 5.75 Å². The number of imide groups is 1. The van der Waals surface area contributed by atoms with Crippen molar-refractivity contribution in [3.8, 4) is 5.75 Å². The molecule has 0 spiro atoms. The molecule has 3 amide bonds. The van der Waals surface area contributed by atoms with Gasteiger partial charge in [0.1, 0.15) is 12.3 Å². The molecule has 2 aromatic rings. The Kier molecular flexibility index (Phi) is 10.0. The number of rotatable bonds is 8. The third-order valence-corrected chi connectivity index (χ3v) is 6.52. The van der Waals surface area contributed by atoms with Crippen LogP contribution in [0.25, 0.3) is 0 Å². The van der Waals surface area contributed by atoms with E-state index in [1.807, 2.05) is 0 Å². The second-order valence-electron chi connectivity index (χ2n) is 8.08. The number of benzene rings is 2. The van der Waals surface area contributed by atoms with Gasteiger partial charge in [-0.25, -0.2) is 14.4 Å². The smallest absolute Gasteiger partial charge is 0.478 e. The summed E-state index contributed by atoms with van der Waals surface area (Å²) in [4.78, 5) is 68.4. The number of fused-ring (bicyclic) bond motifs is 1. The van der Waals surface area contributed by atoms with Gasteiger partial charge in [0.15, 0.2) is 0 Å². The molecule has 1 aliphatic heterocycles. The monoisotopic (exact) mass is 600 g/mol. The number of thioether (sulfide) groups is 1. The Morgan fingerprint density at radius 2 is 1.68 bits per heavy atom. The zero-order valence-corrected chi connectivity index (χ0v) is 22.3. The molecule has 12 nitrogen and oxygen atoms in total. The Balaban J connectivity index is 1.91. The summed E-state index contributed by atoms with van der Waals surface area (Å²) >= 11 is 1.05. The quantitative estimate of drug-likeness (QED) is 0.339. The zero-order valence-electron chi connectivity index (χ0n) is 21.5. The number of amides is 3. The van der Waals surface area contributed by atoms with Gasteiger partial charge in [0.25, 0.3) is 5.91 Å². The fourth-order valence-corrected chi connectivity index (χ4v) is 4.83. The van der Waals surface area contributed by atoms with Crippen molar-refractivity contribution in [3.05, 3.63) is 53.6 Å². The van der Waals surface area contributed by atoms with Crippen molar-refractivity contribution >= 4 is 47.5 Å². The van der Waals surface area contributed by atoms with E-state index in [-0.39, 0.29) is 35.9 Å². The lowest BCUT2D eigenvalue weighted by Crippen LogP contribution is -2.50. The molecule has 0 fully saturated rings. The van der Waals surface area contributed by atoms with Crippen molar-refractivity contribution in [2.24, 2.45) is 0 Å². The van der Waals surface area contributed by atoms with Gasteiger partial charge in [-0.1, -0.05) is 17.2 Å². The fraction of sp³-hybridized carbons (Fsp3) is 0.320. The van der Waals surface area contributed by atoms with Crippen LogP contribution < -0.4 is 9.64 Å². The summed E-state index contributed by atoms with van der Waals surface area (Å²) in [5.74, 6) is -3.66. The molecule has 2 aromatic carbocycles. The SMILES string of the molecule is CCOC(=O)ON(C(=O)CN1C(=O)C(Cc2ccc(OC(F)(F)F)cc2)Sc2ccc(C(=O)O)cc21)C(=O)OCC. The molecular weight excluding hydrogens is 577 g/mol. The van der Waals surface area contributed by atoms with Crippen LogP contribution in [0.2, 0.25) is 0 Å². The van der Waals surface area contributed by atoms with Gasteiger partial charge in [-0.05, 0) is 56.2 Å². The molecule has 0 radical (unpaired) electrons. The number of carboxylic acid groups (broad SMARTS) is 1. The predicted octanol–water partition coefficient (Wildman–Crippen LogP) is 4.41. The van der Waals surface area contributed by atoms with E-state index in [0.29, 0.717) is 10.5 Å². The van der Waals surface area contributed by atoms with E-state index < -0.39 is 53.9 Å². The normalized spacial score (nSPS) is 14.5. The van der Waals surface area contributed by atoms with E-state index in [0.717, 1.165) is 34.9 Å². The van der Waals surface area contributed by atoms with Crippen LogP contribution in [0.3, 0.4) is 0 Å². The number of carbonyl (C=O) groups is 5. The lowest BCUT2D eigenvalue weighted by atomic mass is 10.1. The molecule has 1 heterocycles. The van der Waals surface area contributed by atoms with E-state index in [1.165, 1.54) is 38.1 Å². The maximum Gasteiger partial charge on any atom is 0.573 e. The van der Waals surface area contributed by atoms with Crippen LogP contribution in [-0.4, -0.2) is 71.6 Å². The van der Waals surface area contributed by atoms with E-state index >= 15 is 0 Å². The van der Waals surface area contributed by atoms with Crippen molar-refractivity contribution in [3.63, 3.8) is 0 Å². The number of halogens is 3. The first-order valence-electron chi connectivity index (χ1n) is 11.9. The lowest BCUT2D eigenvalue weighted by molar-refractivity contribution is -0.274. The van der Waals surface area contributed by atoms with Crippen LogP contribution in [0.1, 0.15) is 29.8 Å². The Morgan fingerprint density at radius 3 is 2.27 bits per heavy atom. The minimum Gasteiger partial charge on any atom is -0.478 e. The lowest BCUT2D eigenvalue weighted by Gasteiger charge is -2.34. The Bertz CT molecular complexity index is 1320. The van der Waals surface area contributed by atoms with Crippen molar-refractivity contribution in [2.75, 3.05) is 24.7 Å². The number of carboxylic acids is 1. The van der Waals surface area contributed by atoms with Crippen LogP contribution in [0.15, 0.2) is 47.4 Å². The molecule has 1 aliphatic rings. The standard InChI is InChI=1S/C25H23F3N2O10S/c1-3-37-23(35)30(40-24(36)38-4-2)20(31)13-29-17-12-15(22(33)34)7-10-18(17)41-19(21(29)32)11-14-5-8-16(9-6-14)39-25(26,27)28/h5-10,12,19H,3-4,11,13H2,1-2H3,(H,33,34). The molecule has 0 saturated heterocycles. The zero-order chi connectivity index (χ0) is 30.3. The summed E-state index contributed by atoms with van der Waals surface area (Å²) in [6.07, 6.45) is -7.63. The predicted molar refractivity (Wildman–Crippen MR) is 134 cm³/mol. The van der Waals surface area contributed by atoms with Crippen LogP contribution in [0, 0.1) is 0 Å². The first-order chi connectivity index (χ1) is 19.3. The Morgan fingerprint density at radius 1 is 1.02 bits per heavy atom. The van der Waals surface area contributed by atoms with Crippen molar-refractivity contribution in [2.45, 2.75) is 36.8 Å². The largest absolute Gasteiger partial charge is 0.573 e. The highest BCUT2D eigenvalue weighted by atomic mass is 32.2. The number of aromatic carboxylic acids is 1. The molecule has 16 heteroatoms. The number of anilines is 1. The molecule has 1 unspecified atom stereocenters. The molecular formula is C25H23F3N2O10S. The number of hydroxylamine groups is 2. The number of hydrogen-bond donors (Lipinski definition) is 1. The summed E-state index contributed by atoms with van der Waals surface area (Å²) in [5.41, 5.74) is 0.303. The van der Waals surface area contributed by atoms with E-state index in [9.17, 15) is 42.3 Å². The summed E-state index contributed by atoms with van der Waals surface area (Å²) in [7, 11) is 0. The summed E-state index contributed by atoms with van der Waals surface area (Å²) < 4.78 is 50.6. The van der Waals surface area contributed by atoms with Crippen molar-refractivity contribution < 1.29 is 61.3 Å². The molecule has 1 atom stereocenters. The highest BCUT2D eigenvalue weighted by molar-refractivity contribution is 8.01. The van der Waals surface area contributed by atoms with E-state index in [4.69, 9.17) is 4.74 Å². The maximum absolute atomic E-state index is 13.6. The molecule has 0 aromatic heterocycles. The fourth-order valence-electron chi connectivity index (χ4n) is 3.58. The first-order valence-corrected chi connectivity index (χ1v) is 12.7. The number of nitrogens with zero attached hydrogens (tertiary/aromatic N) is 2. The van der Waals surface area contributed by atoms with Gasteiger partial charge in [-0.3, -0.25) is 14.4 Å². The minimum absolute atomic E-state index is 0.00151. The highest BCUT2D eigenvalue weighted by Crippen LogP contribution is 2.41. The molecule has 0 saturated carbocycles. The summed E-state index contributed by atoms with van der Waals surface area (Å²) in [6.45, 7) is 1.69. The minimum atomic E-state index is -4.88. The Hall–Kier alpha value is -4.47. The summed E-state index contributed by atoms with van der Waals surface area (Å²) in [6, 6.07) is 8.72. The van der Waals surface area contributed by atoms with Crippen molar-refractivity contribution in [1.29, 1.82) is 0 Å². The van der Waals surface area contributed by atoms with Gasteiger partial charge >= 0.3 is 24.6 Å². The van der Waals surface area contributed by atoms with Gasteiger partial charge < -0.3 is 24.2 Å². The topological polar surface area (TPSA) is 149 Å². The number of hydrogen-bond acceptors (Lipinski definition) is 10. The van der Waals surface area contributed by atoms with Crippen LogP contribution in [-0.2, 0) is 30.3 Å². The average Bonchev–Trinajstić information content (AvgIpc) is 2.89. The van der Waals surface area contributed by atoms with Crippen LogP contribution >= 0.6 is 11.8 Å². The molecule has 41 heavy (non-hydrogen) atoms. The molecule has 0 aliphatic carbocycles. The number of alkyl halides is 3. The van der Waals surface area contributed by atoms with Gasteiger partial charge in [-0.2, -0.15) is 0 Å². The van der Waals surface area contributed by atoms with Gasteiger partial charge in [0.2, 0.25) is 5.91 Å². The third-order valence-electron chi connectivity index (χ3n) is 5.27. The molecule has 220 valence electrons. The summed E-state index contributed by atoms with van der Waals surface area (Å²) in [5, 5.41) is 8.51. The number of carbonyl (C=O) groups excluding carboxylic acids is 4. The Labute approximate surface area is 234 Å². The van der Waals surface area contributed by atoms with E-state index in [2.05, 4.69) is 14.3 Å².